The van der Waals surface area contributed by atoms with Crippen molar-refractivity contribution in [1.29, 1.82) is 0 Å². The number of nitrogens with zero attached hydrogens (tertiary/aromatic N) is 2. The van der Waals surface area contributed by atoms with Gasteiger partial charge in [-0.1, -0.05) is 0 Å². The van der Waals surface area contributed by atoms with Crippen LogP contribution in [0, 0.1) is 0 Å². The average Bonchev–Trinajstić information content (AvgIpc) is 2.22. The molecule has 4 nitrogen and oxygen atoms in total. The summed E-state index contributed by atoms with van der Waals surface area (Å²) in [6.07, 6.45) is 0.717. The molecule has 0 saturated heterocycles. The molecule has 4 heteroatoms. The Morgan fingerprint density at radius 1 is 1.00 bits per heavy atom. The number of carbonyl (C=O) groups excluding carboxylic acids is 1. The molecule has 0 atom stereocenters. The lowest BCUT2D eigenvalue weighted by Gasteiger charge is -2.34. The van der Waals surface area contributed by atoms with Crippen LogP contribution in [-0.4, -0.2) is 58.6 Å². The van der Waals surface area contributed by atoms with Gasteiger partial charge in [0.15, 0.2) is 0 Å². The van der Waals surface area contributed by atoms with Crippen LogP contribution in [0.15, 0.2) is 0 Å². The fourth-order valence-corrected chi connectivity index (χ4v) is 2.22. The Morgan fingerprint density at radius 3 is 1.83 bits per heavy atom. The molecule has 0 radical (unpaired) electrons. The van der Waals surface area contributed by atoms with Crippen molar-refractivity contribution in [3.05, 3.63) is 0 Å². The lowest BCUT2D eigenvalue weighted by molar-refractivity contribution is -0.136. The van der Waals surface area contributed by atoms with Gasteiger partial charge in [-0.3, -0.25) is 9.69 Å². The first-order chi connectivity index (χ1) is 8.31. The van der Waals surface area contributed by atoms with E-state index in [2.05, 4.69) is 18.7 Å². The molecule has 0 fully saturated rings. The number of aliphatic hydroxyl groups excluding tert-OH is 1. The SMILES string of the molecule is CC(C)N(CCCO)CC(=O)N(C(C)C)C(C)C. The highest BCUT2D eigenvalue weighted by Crippen LogP contribution is 2.08. The van der Waals surface area contributed by atoms with Gasteiger partial charge in [0.1, 0.15) is 0 Å². The minimum Gasteiger partial charge on any atom is -0.396 e. The molecule has 0 saturated carbocycles. The van der Waals surface area contributed by atoms with Gasteiger partial charge in [0.2, 0.25) is 5.91 Å². The summed E-state index contributed by atoms with van der Waals surface area (Å²) in [5, 5.41) is 8.89. The zero-order valence-corrected chi connectivity index (χ0v) is 12.8. The zero-order valence-electron chi connectivity index (χ0n) is 12.8. The van der Waals surface area contributed by atoms with Gasteiger partial charge in [0.25, 0.3) is 0 Å². The summed E-state index contributed by atoms with van der Waals surface area (Å²) >= 11 is 0. The van der Waals surface area contributed by atoms with Crippen LogP contribution in [0.1, 0.15) is 48.0 Å². The standard InChI is InChI=1S/C14H30N2O2/c1-11(2)15(8-7-9-17)10-14(18)16(12(3)4)13(5)6/h11-13,17H,7-10H2,1-6H3. The first kappa shape index (κ1) is 17.4. The van der Waals surface area contributed by atoms with Gasteiger partial charge in [-0.25, -0.2) is 0 Å². The van der Waals surface area contributed by atoms with Crippen LogP contribution in [0.4, 0.5) is 0 Å². The Kier molecular flexibility index (Phi) is 8.20. The minimum absolute atomic E-state index is 0.173. The summed E-state index contributed by atoms with van der Waals surface area (Å²) in [6.45, 7) is 13.7. The maximum atomic E-state index is 12.3. The van der Waals surface area contributed by atoms with Crippen molar-refractivity contribution in [2.75, 3.05) is 19.7 Å². The molecule has 0 unspecified atom stereocenters. The van der Waals surface area contributed by atoms with Crippen molar-refractivity contribution < 1.29 is 9.90 Å². The number of hydrogen-bond donors (Lipinski definition) is 1. The van der Waals surface area contributed by atoms with Crippen molar-refractivity contribution in [1.82, 2.24) is 9.80 Å². The van der Waals surface area contributed by atoms with E-state index in [1.54, 1.807) is 0 Å². The van der Waals surface area contributed by atoms with Gasteiger partial charge in [-0.15, -0.1) is 0 Å². The molecule has 0 aromatic carbocycles. The molecule has 0 aliphatic carbocycles. The number of amides is 1. The van der Waals surface area contributed by atoms with E-state index in [1.165, 1.54) is 0 Å². The van der Waals surface area contributed by atoms with Crippen LogP contribution in [0.5, 0.6) is 0 Å². The highest BCUT2D eigenvalue weighted by molar-refractivity contribution is 5.78. The lowest BCUT2D eigenvalue weighted by atomic mass is 10.2. The third kappa shape index (κ3) is 5.83. The van der Waals surface area contributed by atoms with Gasteiger partial charge in [0.05, 0.1) is 6.54 Å². The predicted octanol–water partition coefficient (Wildman–Crippen LogP) is 1.72. The topological polar surface area (TPSA) is 43.8 Å². The van der Waals surface area contributed by atoms with Gasteiger partial charge < -0.3 is 10.0 Å². The monoisotopic (exact) mass is 258 g/mol. The van der Waals surface area contributed by atoms with Crippen molar-refractivity contribution in [2.24, 2.45) is 0 Å². The zero-order chi connectivity index (χ0) is 14.3. The second-order valence-electron chi connectivity index (χ2n) is 5.63. The number of rotatable bonds is 8. The van der Waals surface area contributed by atoms with E-state index in [9.17, 15) is 4.79 Å². The first-order valence-electron chi connectivity index (χ1n) is 6.97. The molecule has 1 amide bonds. The minimum atomic E-state index is 0.173. The Hall–Kier alpha value is -0.610. The summed E-state index contributed by atoms with van der Waals surface area (Å²) in [7, 11) is 0. The summed E-state index contributed by atoms with van der Waals surface area (Å²) in [4.78, 5) is 16.4. The van der Waals surface area contributed by atoms with Crippen LogP contribution in [-0.2, 0) is 4.79 Å². The third-order valence-corrected chi connectivity index (χ3v) is 3.07. The predicted molar refractivity (Wildman–Crippen MR) is 75.5 cm³/mol. The van der Waals surface area contributed by atoms with Crippen LogP contribution in [0.2, 0.25) is 0 Å². The van der Waals surface area contributed by atoms with Crippen LogP contribution >= 0.6 is 0 Å². The molecule has 0 aliphatic rings. The van der Waals surface area contributed by atoms with E-state index in [0.717, 1.165) is 13.0 Å². The Bertz CT molecular complexity index is 232. The molecule has 108 valence electrons. The fraction of sp³-hybridized carbons (Fsp3) is 0.929. The highest BCUT2D eigenvalue weighted by atomic mass is 16.3. The second-order valence-corrected chi connectivity index (χ2v) is 5.63. The van der Waals surface area contributed by atoms with E-state index in [0.29, 0.717) is 12.6 Å². The van der Waals surface area contributed by atoms with Crippen molar-refractivity contribution in [3.8, 4) is 0 Å². The molecular weight excluding hydrogens is 228 g/mol. The third-order valence-electron chi connectivity index (χ3n) is 3.07. The summed E-state index contributed by atoms with van der Waals surface area (Å²) < 4.78 is 0. The van der Waals surface area contributed by atoms with Crippen molar-refractivity contribution >= 4 is 5.91 Å². The molecule has 0 aliphatic heterocycles. The molecular formula is C14H30N2O2. The molecule has 18 heavy (non-hydrogen) atoms. The van der Waals surface area contributed by atoms with Crippen molar-refractivity contribution in [2.45, 2.75) is 66.1 Å². The first-order valence-corrected chi connectivity index (χ1v) is 6.97. The highest BCUT2D eigenvalue weighted by Gasteiger charge is 2.23. The van der Waals surface area contributed by atoms with Gasteiger partial charge in [-0.05, 0) is 48.0 Å². The van der Waals surface area contributed by atoms with Crippen LogP contribution in [0.25, 0.3) is 0 Å². The number of aliphatic hydroxyl groups is 1. The smallest absolute Gasteiger partial charge is 0.237 e. The maximum absolute atomic E-state index is 12.3. The quantitative estimate of drug-likeness (QED) is 0.721. The lowest BCUT2D eigenvalue weighted by Crippen LogP contribution is -2.48. The molecule has 0 aromatic heterocycles. The maximum Gasteiger partial charge on any atom is 0.237 e. The Morgan fingerprint density at radius 2 is 1.50 bits per heavy atom. The largest absolute Gasteiger partial charge is 0.396 e. The van der Waals surface area contributed by atoms with E-state index in [-0.39, 0.29) is 24.6 Å². The molecule has 0 heterocycles. The second kappa shape index (κ2) is 8.48. The van der Waals surface area contributed by atoms with E-state index < -0.39 is 0 Å². The molecule has 0 bridgehead atoms. The van der Waals surface area contributed by atoms with Gasteiger partial charge >= 0.3 is 0 Å². The summed E-state index contributed by atoms with van der Waals surface area (Å²) in [6, 6.07) is 0.774. The summed E-state index contributed by atoms with van der Waals surface area (Å²) in [5.41, 5.74) is 0. The van der Waals surface area contributed by atoms with E-state index >= 15 is 0 Å². The Labute approximate surface area is 112 Å². The van der Waals surface area contributed by atoms with Gasteiger partial charge in [0, 0.05) is 31.3 Å². The number of hydrogen-bond acceptors (Lipinski definition) is 3. The molecule has 0 rings (SSSR count). The fourth-order valence-electron chi connectivity index (χ4n) is 2.22. The molecule has 0 aromatic rings. The van der Waals surface area contributed by atoms with Crippen LogP contribution in [0.3, 0.4) is 0 Å². The average molecular weight is 258 g/mol. The molecule has 0 spiro atoms. The van der Waals surface area contributed by atoms with E-state index in [4.69, 9.17) is 5.11 Å². The van der Waals surface area contributed by atoms with Crippen molar-refractivity contribution in [3.63, 3.8) is 0 Å². The van der Waals surface area contributed by atoms with Crippen LogP contribution < -0.4 is 0 Å². The summed E-state index contributed by atoms with van der Waals surface area (Å²) in [5.74, 6) is 0.173. The Balaban J connectivity index is 4.56. The molecule has 1 N–H and O–H groups in total. The normalized spacial score (nSPS) is 11.9. The van der Waals surface area contributed by atoms with E-state index in [1.807, 2.05) is 32.6 Å². The van der Waals surface area contributed by atoms with Gasteiger partial charge in [-0.2, -0.15) is 0 Å². The number of carbonyl (C=O) groups is 1.